The van der Waals surface area contributed by atoms with Crippen LogP contribution in [0.2, 0.25) is 0 Å². The number of sulfonamides is 1. The number of rotatable bonds is 9. The molecule has 0 saturated heterocycles. The number of halogens is 3. The van der Waals surface area contributed by atoms with Crippen LogP contribution in [0.1, 0.15) is 36.8 Å². The number of hydrogen-bond donors (Lipinski definition) is 1. The van der Waals surface area contributed by atoms with Gasteiger partial charge in [0.15, 0.2) is 0 Å². The van der Waals surface area contributed by atoms with E-state index in [9.17, 15) is 26.4 Å². The minimum atomic E-state index is -4.57. The third kappa shape index (κ3) is 7.05. The molecule has 1 amide bonds. The van der Waals surface area contributed by atoms with E-state index in [1.54, 1.807) is 0 Å². The van der Waals surface area contributed by atoms with Crippen molar-refractivity contribution in [3.8, 4) is 0 Å². The first kappa shape index (κ1) is 23.7. The molecule has 2 aromatic rings. The Morgan fingerprint density at radius 2 is 1.77 bits per heavy atom. The highest BCUT2D eigenvalue weighted by Gasteiger charge is 2.31. The molecule has 0 spiro atoms. The second-order valence-electron chi connectivity index (χ2n) is 7.10. The fourth-order valence-electron chi connectivity index (χ4n) is 2.96. The second kappa shape index (κ2) is 9.97. The SMILES string of the molecule is CC(CNC(=O)CCCN(c1cccc(C(F)(F)F)c1)S(C)(=O)=O)c1ccccc1. The number of alkyl halides is 3. The summed E-state index contributed by atoms with van der Waals surface area (Å²) < 4.78 is 63.9. The van der Waals surface area contributed by atoms with Crippen LogP contribution in [0.4, 0.5) is 18.9 Å². The zero-order chi connectivity index (χ0) is 22.4. The summed E-state index contributed by atoms with van der Waals surface area (Å²) in [4.78, 5) is 12.1. The molecular formula is C21H25F3N2O3S. The summed E-state index contributed by atoms with van der Waals surface area (Å²) in [5, 5.41) is 2.81. The molecule has 1 atom stereocenters. The summed E-state index contributed by atoms with van der Waals surface area (Å²) in [6.07, 6.45) is -3.41. The van der Waals surface area contributed by atoms with Crippen molar-refractivity contribution in [2.24, 2.45) is 0 Å². The van der Waals surface area contributed by atoms with Gasteiger partial charge in [0.2, 0.25) is 15.9 Å². The van der Waals surface area contributed by atoms with Gasteiger partial charge in [-0.05, 0) is 36.1 Å². The first-order valence-electron chi connectivity index (χ1n) is 9.45. The molecule has 2 rings (SSSR count). The van der Waals surface area contributed by atoms with Crippen molar-refractivity contribution in [2.45, 2.75) is 31.9 Å². The predicted molar refractivity (Wildman–Crippen MR) is 111 cm³/mol. The molecule has 0 aromatic heterocycles. The first-order valence-corrected chi connectivity index (χ1v) is 11.3. The molecule has 0 bridgehead atoms. The second-order valence-corrected chi connectivity index (χ2v) is 9.01. The Morgan fingerprint density at radius 3 is 2.37 bits per heavy atom. The van der Waals surface area contributed by atoms with E-state index < -0.39 is 21.8 Å². The summed E-state index contributed by atoms with van der Waals surface area (Å²) in [5.41, 5.74) is 0.0809. The van der Waals surface area contributed by atoms with Crippen LogP contribution in [0.25, 0.3) is 0 Å². The zero-order valence-electron chi connectivity index (χ0n) is 16.8. The van der Waals surface area contributed by atoms with E-state index in [0.717, 1.165) is 34.3 Å². The number of nitrogens with zero attached hydrogens (tertiary/aromatic N) is 1. The summed E-state index contributed by atoms with van der Waals surface area (Å²) in [6.45, 7) is 2.32. The maximum Gasteiger partial charge on any atom is 0.416 e. The lowest BCUT2D eigenvalue weighted by Gasteiger charge is -2.23. The van der Waals surface area contributed by atoms with Crippen LogP contribution in [0.5, 0.6) is 0 Å². The van der Waals surface area contributed by atoms with Crippen molar-refractivity contribution in [2.75, 3.05) is 23.7 Å². The third-order valence-corrected chi connectivity index (χ3v) is 5.79. The Kier molecular flexibility index (Phi) is 7.89. The molecule has 0 saturated carbocycles. The Bertz CT molecular complexity index is 947. The van der Waals surface area contributed by atoms with Crippen LogP contribution in [-0.2, 0) is 21.0 Å². The van der Waals surface area contributed by atoms with Gasteiger partial charge in [-0.2, -0.15) is 13.2 Å². The standard InChI is InChI=1S/C21H25F3N2O3S/c1-16(17-8-4-3-5-9-17)15-25-20(27)12-7-13-26(30(2,28)29)19-11-6-10-18(14-19)21(22,23)24/h3-6,8-11,14,16H,7,12-13,15H2,1-2H3,(H,25,27). The van der Waals surface area contributed by atoms with Crippen LogP contribution in [0.3, 0.4) is 0 Å². The molecule has 0 radical (unpaired) electrons. The van der Waals surface area contributed by atoms with Crippen molar-refractivity contribution in [3.05, 3.63) is 65.7 Å². The molecule has 1 unspecified atom stereocenters. The monoisotopic (exact) mass is 442 g/mol. The molecular weight excluding hydrogens is 417 g/mol. The molecule has 30 heavy (non-hydrogen) atoms. The highest BCUT2D eigenvalue weighted by Crippen LogP contribution is 2.32. The fourth-order valence-corrected chi connectivity index (χ4v) is 3.92. The first-order chi connectivity index (χ1) is 14.0. The number of carbonyl (C=O) groups is 1. The van der Waals surface area contributed by atoms with Crippen LogP contribution < -0.4 is 9.62 Å². The lowest BCUT2D eigenvalue weighted by molar-refractivity contribution is -0.137. The van der Waals surface area contributed by atoms with Gasteiger partial charge >= 0.3 is 6.18 Å². The summed E-state index contributed by atoms with van der Waals surface area (Å²) >= 11 is 0. The number of anilines is 1. The molecule has 0 aliphatic rings. The number of nitrogens with one attached hydrogen (secondary N) is 1. The maximum absolute atomic E-state index is 12.9. The molecule has 9 heteroatoms. The number of hydrogen-bond acceptors (Lipinski definition) is 3. The zero-order valence-corrected chi connectivity index (χ0v) is 17.6. The number of carbonyl (C=O) groups excluding carboxylic acids is 1. The van der Waals surface area contributed by atoms with Crippen molar-refractivity contribution in [1.82, 2.24) is 5.32 Å². The molecule has 0 heterocycles. The highest BCUT2D eigenvalue weighted by molar-refractivity contribution is 7.92. The summed E-state index contributed by atoms with van der Waals surface area (Å²) in [7, 11) is -3.81. The van der Waals surface area contributed by atoms with Crippen LogP contribution in [0.15, 0.2) is 54.6 Å². The predicted octanol–water partition coefficient (Wildman–Crippen LogP) is 4.17. The fraction of sp³-hybridized carbons (Fsp3) is 0.381. The molecule has 0 aliphatic carbocycles. The minimum Gasteiger partial charge on any atom is -0.356 e. The molecule has 1 N–H and O–H groups in total. The van der Waals surface area contributed by atoms with E-state index in [0.29, 0.717) is 6.54 Å². The smallest absolute Gasteiger partial charge is 0.356 e. The van der Waals surface area contributed by atoms with Gasteiger partial charge < -0.3 is 5.32 Å². The van der Waals surface area contributed by atoms with Crippen molar-refractivity contribution in [1.29, 1.82) is 0 Å². The van der Waals surface area contributed by atoms with Gasteiger partial charge in [0.05, 0.1) is 17.5 Å². The van der Waals surface area contributed by atoms with Gasteiger partial charge in [0.1, 0.15) is 0 Å². The van der Waals surface area contributed by atoms with Gasteiger partial charge in [-0.25, -0.2) is 8.42 Å². The van der Waals surface area contributed by atoms with E-state index in [1.807, 2.05) is 37.3 Å². The molecule has 5 nitrogen and oxygen atoms in total. The van der Waals surface area contributed by atoms with E-state index in [-0.39, 0.29) is 36.9 Å². The topological polar surface area (TPSA) is 66.5 Å². The normalized spacial score (nSPS) is 13.0. The molecule has 164 valence electrons. The van der Waals surface area contributed by atoms with E-state index in [4.69, 9.17) is 0 Å². The summed E-state index contributed by atoms with van der Waals surface area (Å²) in [6, 6.07) is 13.8. The Balaban J connectivity index is 1.93. The van der Waals surface area contributed by atoms with Crippen LogP contribution in [0, 0.1) is 0 Å². The lowest BCUT2D eigenvalue weighted by Crippen LogP contribution is -2.33. The van der Waals surface area contributed by atoms with Gasteiger partial charge in [-0.3, -0.25) is 9.10 Å². The van der Waals surface area contributed by atoms with Gasteiger partial charge in [0, 0.05) is 19.5 Å². The molecule has 0 fully saturated rings. The Hall–Kier alpha value is -2.55. The quantitative estimate of drug-likeness (QED) is 0.634. The van der Waals surface area contributed by atoms with Gasteiger partial charge in [0.25, 0.3) is 0 Å². The third-order valence-electron chi connectivity index (χ3n) is 4.60. The van der Waals surface area contributed by atoms with Gasteiger partial charge in [-0.15, -0.1) is 0 Å². The van der Waals surface area contributed by atoms with E-state index in [1.165, 1.54) is 6.07 Å². The van der Waals surface area contributed by atoms with Crippen molar-refractivity contribution in [3.63, 3.8) is 0 Å². The molecule has 2 aromatic carbocycles. The van der Waals surface area contributed by atoms with Crippen LogP contribution >= 0.6 is 0 Å². The minimum absolute atomic E-state index is 0.0620. The van der Waals surface area contributed by atoms with Crippen molar-refractivity contribution >= 4 is 21.6 Å². The Morgan fingerprint density at radius 1 is 1.10 bits per heavy atom. The number of amides is 1. The largest absolute Gasteiger partial charge is 0.416 e. The average Bonchev–Trinajstić information content (AvgIpc) is 2.68. The highest BCUT2D eigenvalue weighted by atomic mass is 32.2. The average molecular weight is 443 g/mol. The van der Waals surface area contributed by atoms with Crippen LogP contribution in [-0.4, -0.2) is 33.7 Å². The lowest BCUT2D eigenvalue weighted by atomic mass is 10.0. The van der Waals surface area contributed by atoms with Gasteiger partial charge in [-0.1, -0.05) is 43.3 Å². The Labute approximate surface area is 175 Å². The molecule has 0 aliphatic heterocycles. The van der Waals surface area contributed by atoms with E-state index >= 15 is 0 Å². The van der Waals surface area contributed by atoms with E-state index in [2.05, 4.69) is 5.32 Å². The van der Waals surface area contributed by atoms with Crippen molar-refractivity contribution < 1.29 is 26.4 Å². The number of benzene rings is 2. The maximum atomic E-state index is 12.9. The summed E-state index contributed by atoms with van der Waals surface area (Å²) in [5.74, 6) is -0.122.